The molecule has 0 radical (unpaired) electrons. The fourth-order valence-corrected chi connectivity index (χ4v) is 3.64. The van der Waals surface area contributed by atoms with Gasteiger partial charge in [-0.3, -0.25) is 4.79 Å². The molecule has 148 valence electrons. The molecule has 0 atom stereocenters. The Kier molecular flexibility index (Phi) is 5.42. The van der Waals surface area contributed by atoms with Gasteiger partial charge in [-0.1, -0.05) is 24.3 Å². The summed E-state index contributed by atoms with van der Waals surface area (Å²) < 4.78 is 18.9. The lowest BCUT2D eigenvalue weighted by Crippen LogP contribution is -2.50. The number of hydrogen-bond donors (Lipinski definition) is 1. The minimum atomic E-state index is -0.249. The van der Waals surface area contributed by atoms with Crippen molar-refractivity contribution in [2.75, 3.05) is 37.7 Å². The van der Waals surface area contributed by atoms with Crippen molar-refractivity contribution in [1.82, 2.24) is 4.90 Å². The number of hydrogen-bond acceptors (Lipinski definition) is 4. The maximum Gasteiger partial charge on any atom is 0.260 e. The second-order valence-electron chi connectivity index (χ2n) is 6.98. The van der Waals surface area contributed by atoms with Crippen LogP contribution >= 0.6 is 0 Å². The van der Waals surface area contributed by atoms with Gasteiger partial charge in [-0.15, -0.1) is 0 Å². The number of fused-ring (bicyclic) bond motifs is 1. The number of rotatable bonds is 5. The molecule has 1 saturated heterocycles. The summed E-state index contributed by atoms with van der Waals surface area (Å²) in [6.07, 6.45) is 1.32. The number of carbonyl (C=O) groups excluding carboxylic acids is 1. The summed E-state index contributed by atoms with van der Waals surface area (Å²) in [5.41, 5.74) is 1.78. The number of amides is 1. The van der Waals surface area contributed by atoms with Crippen LogP contribution in [0.15, 0.2) is 60.7 Å². The topological polar surface area (TPSA) is 56.6 Å². The standard InChI is InChI=1S/C23H22FN3O2/c24-18-6-8-19(9-7-18)26-11-13-27(14-12-26)23(28)16-29-22-10-5-17(15-25)20-3-1-2-4-21(20)22/h1-10,15,25H,11-14,16H2. The van der Waals surface area contributed by atoms with Crippen LogP contribution in [0.2, 0.25) is 0 Å². The average molecular weight is 391 g/mol. The Labute approximate surface area is 168 Å². The van der Waals surface area contributed by atoms with Gasteiger partial charge in [0.15, 0.2) is 6.61 Å². The molecule has 0 bridgehead atoms. The summed E-state index contributed by atoms with van der Waals surface area (Å²) in [6, 6.07) is 17.8. The van der Waals surface area contributed by atoms with Crippen LogP contribution in [0.25, 0.3) is 10.8 Å². The van der Waals surface area contributed by atoms with Crippen molar-refractivity contribution < 1.29 is 13.9 Å². The largest absolute Gasteiger partial charge is 0.483 e. The van der Waals surface area contributed by atoms with E-state index in [0.29, 0.717) is 31.9 Å². The first kappa shape index (κ1) is 18.9. The molecule has 29 heavy (non-hydrogen) atoms. The van der Waals surface area contributed by atoms with Gasteiger partial charge >= 0.3 is 0 Å². The van der Waals surface area contributed by atoms with Crippen LogP contribution in [0.5, 0.6) is 5.75 Å². The van der Waals surface area contributed by atoms with Gasteiger partial charge in [0, 0.05) is 49.0 Å². The lowest BCUT2D eigenvalue weighted by molar-refractivity contribution is -0.133. The molecular formula is C23H22FN3O2. The number of ether oxygens (including phenoxy) is 1. The third-order valence-corrected chi connectivity index (χ3v) is 5.25. The van der Waals surface area contributed by atoms with Crippen molar-refractivity contribution in [3.05, 3.63) is 72.0 Å². The van der Waals surface area contributed by atoms with Crippen LogP contribution in [-0.2, 0) is 4.79 Å². The zero-order valence-electron chi connectivity index (χ0n) is 16.0. The van der Waals surface area contributed by atoms with Crippen molar-refractivity contribution in [2.24, 2.45) is 0 Å². The van der Waals surface area contributed by atoms with Crippen molar-refractivity contribution in [2.45, 2.75) is 0 Å². The summed E-state index contributed by atoms with van der Waals surface area (Å²) in [7, 11) is 0. The molecule has 0 unspecified atom stereocenters. The van der Waals surface area contributed by atoms with Crippen LogP contribution in [0.3, 0.4) is 0 Å². The van der Waals surface area contributed by atoms with E-state index in [9.17, 15) is 9.18 Å². The zero-order valence-corrected chi connectivity index (χ0v) is 16.0. The Balaban J connectivity index is 1.37. The number of piperazine rings is 1. The van der Waals surface area contributed by atoms with E-state index in [2.05, 4.69) is 4.90 Å². The number of benzene rings is 3. The van der Waals surface area contributed by atoms with E-state index >= 15 is 0 Å². The highest BCUT2D eigenvalue weighted by molar-refractivity contribution is 6.01. The Morgan fingerprint density at radius 3 is 2.34 bits per heavy atom. The van der Waals surface area contributed by atoms with E-state index in [4.69, 9.17) is 10.1 Å². The second-order valence-corrected chi connectivity index (χ2v) is 6.98. The normalized spacial score (nSPS) is 14.1. The minimum absolute atomic E-state index is 0.0233. The lowest BCUT2D eigenvalue weighted by Gasteiger charge is -2.36. The third kappa shape index (κ3) is 4.06. The van der Waals surface area contributed by atoms with E-state index in [1.165, 1.54) is 18.3 Å². The first-order valence-corrected chi connectivity index (χ1v) is 9.59. The number of nitrogens with one attached hydrogen (secondary N) is 1. The summed E-state index contributed by atoms with van der Waals surface area (Å²) >= 11 is 0. The minimum Gasteiger partial charge on any atom is -0.483 e. The van der Waals surface area contributed by atoms with Gasteiger partial charge in [0.1, 0.15) is 11.6 Å². The summed E-state index contributed by atoms with van der Waals surface area (Å²) in [5.74, 6) is 0.342. The SMILES string of the molecule is N=Cc1ccc(OCC(=O)N2CCN(c3ccc(F)cc3)CC2)c2ccccc12. The zero-order chi connectivity index (χ0) is 20.2. The molecule has 1 amide bonds. The second kappa shape index (κ2) is 8.31. The van der Waals surface area contributed by atoms with Gasteiger partial charge in [-0.05, 0) is 41.8 Å². The van der Waals surface area contributed by atoms with Crippen LogP contribution < -0.4 is 9.64 Å². The molecule has 1 aliphatic heterocycles. The quantitative estimate of drug-likeness (QED) is 0.675. The molecule has 0 spiro atoms. The van der Waals surface area contributed by atoms with Crippen LogP contribution in [0, 0.1) is 11.2 Å². The van der Waals surface area contributed by atoms with Crippen molar-refractivity contribution in [3.8, 4) is 5.75 Å². The summed E-state index contributed by atoms with van der Waals surface area (Å²) in [5, 5.41) is 9.36. The fourth-order valence-electron chi connectivity index (χ4n) is 3.64. The molecule has 6 heteroatoms. The van der Waals surface area contributed by atoms with E-state index in [1.54, 1.807) is 17.0 Å². The summed E-state index contributed by atoms with van der Waals surface area (Å²) in [4.78, 5) is 16.6. The van der Waals surface area contributed by atoms with E-state index < -0.39 is 0 Å². The van der Waals surface area contributed by atoms with Gasteiger partial charge in [-0.25, -0.2) is 4.39 Å². The van der Waals surface area contributed by atoms with Crippen LogP contribution in [0.1, 0.15) is 5.56 Å². The first-order chi connectivity index (χ1) is 14.2. The number of carbonyl (C=O) groups is 1. The molecule has 1 fully saturated rings. The lowest BCUT2D eigenvalue weighted by atomic mass is 10.0. The smallest absolute Gasteiger partial charge is 0.260 e. The molecular weight excluding hydrogens is 369 g/mol. The molecule has 1 heterocycles. The van der Waals surface area contributed by atoms with Gasteiger partial charge in [0.2, 0.25) is 0 Å². The number of anilines is 1. The Morgan fingerprint density at radius 1 is 0.966 bits per heavy atom. The molecule has 1 N–H and O–H groups in total. The van der Waals surface area contributed by atoms with Gasteiger partial charge in [-0.2, -0.15) is 0 Å². The monoisotopic (exact) mass is 391 g/mol. The van der Waals surface area contributed by atoms with Crippen molar-refractivity contribution in [1.29, 1.82) is 5.41 Å². The highest BCUT2D eigenvalue weighted by atomic mass is 19.1. The maximum absolute atomic E-state index is 13.1. The maximum atomic E-state index is 13.1. The highest BCUT2D eigenvalue weighted by Crippen LogP contribution is 2.28. The fraction of sp³-hybridized carbons (Fsp3) is 0.217. The van der Waals surface area contributed by atoms with E-state index in [-0.39, 0.29) is 18.3 Å². The predicted octanol–water partition coefficient (Wildman–Crippen LogP) is 3.70. The third-order valence-electron chi connectivity index (χ3n) is 5.25. The van der Waals surface area contributed by atoms with E-state index in [1.807, 2.05) is 36.4 Å². The molecule has 0 aromatic heterocycles. The molecule has 0 saturated carbocycles. The van der Waals surface area contributed by atoms with Crippen molar-refractivity contribution in [3.63, 3.8) is 0 Å². The average Bonchev–Trinajstić information content (AvgIpc) is 2.78. The Morgan fingerprint density at radius 2 is 1.66 bits per heavy atom. The molecule has 3 aromatic rings. The Hall–Kier alpha value is -3.41. The summed E-state index contributed by atoms with van der Waals surface area (Å²) in [6.45, 7) is 2.59. The predicted molar refractivity (Wildman–Crippen MR) is 113 cm³/mol. The number of halogens is 1. The molecule has 0 aliphatic carbocycles. The van der Waals surface area contributed by atoms with E-state index in [0.717, 1.165) is 22.0 Å². The molecule has 4 rings (SSSR count). The van der Waals surface area contributed by atoms with Gasteiger partial charge < -0.3 is 19.9 Å². The van der Waals surface area contributed by atoms with Crippen LogP contribution in [-0.4, -0.2) is 49.8 Å². The highest BCUT2D eigenvalue weighted by Gasteiger charge is 2.22. The molecule has 5 nitrogen and oxygen atoms in total. The van der Waals surface area contributed by atoms with Crippen molar-refractivity contribution >= 4 is 28.6 Å². The van der Waals surface area contributed by atoms with Gasteiger partial charge in [0.25, 0.3) is 5.91 Å². The molecule has 3 aromatic carbocycles. The van der Waals surface area contributed by atoms with Crippen LogP contribution in [0.4, 0.5) is 10.1 Å². The number of nitrogens with zero attached hydrogens (tertiary/aromatic N) is 2. The Bertz CT molecular complexity index is 1030. The molecule has 1 aliphatic rings. The first-order valence-electron chi connectivity index (χ1n) is 9.59. The van der Waals surface area contributed by atoms with Gasteiger partial charge in [0.05, 0.1) is 0 Å².